The highest BCUT2D eigenvalue weighted by Crippen LogP contribution is 2.21. The maximum Gasteiger partial charge on any atom is 0.224 e. The fourth-order valence-corrected chi connectivity index (χ4v) is 4.27. The van der Waals surface area contributed by atoms with Gasteiger partial charge in [-0.25, -0.2) is 4.39 Å². The molecule has 2 aliphatic rings. The Morgan fingerprint density at radius 3 is 2.54 bits per heavy atom. The summed E-state index contributed by atoms with van der Waals surface area (Å²) in [6.07, 6.45) is 2.86. The van der Waals surface area contributed by atoms with E-state index in [9.17, 15) is 14.0 Å². The number of hydrogen-bond acceptors (Lipinski definition) is 3. The molecular weight excluding hydrogens is 357 g/mol. The maximum absolute atomic E-state index is 13.2. The number of rotatable bonds is 6. The summed E-state index contributed by atoms with van der Waals surface area (Å²) in [5.74, 6) is 0.519. The minimum absolute atomic E-state index is 0.147. The van der Waals surface area contributed by atoms with E-state index in [4.69, 9.17) is 0 Å². The van der Waals surface area contributed by atoms with E-state index in [1.165, 1.54) is 12.1 Å². The Balaban J connectivity index is 1.60. The van der Waals surface area contributed by atoms with Crippen LogP contribution in [0, 0.1) is 11.7 Å². The number of carbonyl (C=O) groups is 2. The first-order valence-electron chi connectivity index (χ1n) is 10.5. The molecule has 0 spiro atoms. The molecule has 0 saturated carbocycles. The lowest BCUT2D eigenvalue weighted by molar-refractivity contribution is -0.133. The molecular formula is C22H32FN3O2. The van der Waals surface area contributed by atoms with Crippen molar-refractivity contribution in [1.82, 2.24) is 14.7 Å². The molecule has 2 amide bonds. The normalized spacial score (nSPS) is 21.4. The van der Waals surface area contributed by atoms with Crippen LogP contribution in [0.15, 0.2) is 24.3 Å². The average Bonchev–Trinajstić information content (AvgIpc) is 2.95. The zero-order valence-corrected chi connectivity index (χ0v) is 17.1. The third-order valence-electron chi connectivity index (χ3n) is 5.94. The molecule has 6 heteroatoms. The lowest BCUT2D eigenvalue weighted by Gasteiger charge is -2.34. The predicted molar refractivity (Wildman–Crippen MR) is 107 cm³/mol. The third kappa shape index (κ3) is 5.31. The van der Waals surface area contributed by atoms with E-state index in [1.807, 2.05) is 21.9 Å². The molecule has 0 unspecified atom stereocenters. The van der Waals surface area contributed by atoms with Crippen LogP contribution < -0.4 is 0 Å². The van der Waals surface area contributed by atoms with Crippen LogP contribution in [0.5, 0.6) is 0 Å². The van der Waals surface area contributed by atoms with Crippen molar-refractivity contribution >= 4 is 11.8 Å². The van der Waals surface area contributed by atoms with Gasteiger partial charge in [-0.1, -0.05) is 26.0 Å². The number of carbonyl (C=O) groups excluding carboxylic acids is 2. The van der Waals surface area contributed by atoms with Crippen LogP contribution in [0.1, 0.15) is 45.1 Å². The lowest BCUT2D eigenvalue weighted by Crippen LogP contribution is -2.46. The van der Waals surface area contributed by atoms with Gasteiger partial charge in [-0.2, -0.15) is 0 Å². The van der Waals surface area contributed by atoms with Gasteiger partial charge in [-0.3, -0.25) is 14.5 Å². The Hall–Kier alpha value is -1.95. The van der Waals surface area contributed by atoms with Crippen LogP contribution in [0.3, 0.4) is 0 Å². The molecule has 0 bridgehead atoms. The first-order valence-corrected chi connectivity index (χ1v) is 10.5. The highest BCUT2D eigenvalue weighted by atomic mass is 19.1. The zero-order chi connectivity index (χ0) is 20.1. The molecule has 0 radical (unpaired) electrons. The largest absolute Gasteiger partial charge is 0.342 e. The van der Waals surface area contributed by atoms with E-state index < -0.39 is 0 Å². The van der Waals surface area contributed by atoms with Crippen molar-refractivity contribution < 1.29 is 14.0 Å². The van der Waals surface area contributed by atoms with Crippen molar-refractivity contribution in [1.29, 1.82) is 0 Å². The van der Waals surface area contributed by atoms with Crippen molar-refractivity contribution in [2.24, 2.45) is 5.92 Å². The zero-order valence-electron chi connectivity index (χ0n) is 17.1. The SMILES string of the molecule is CC(C)[C@H]1CN(C(=O)CCN2CCCC2=O)CCCN1Cc1ccc(F)cc1. The van der Waals surface area contributed by atoms with Crippen molar-refractivity contribution in [2.75, 3.05) is 32.7 Å². The first kappa shape index (κ1) is 20.8. The Morgan fingerprint density at radius 1 is 1.14 bits per heavy atom. The minimum atomic E-state index is -0.215. The van der Waals surface area contributed by atoms with Crippen molar-refractivity contribution in [2.45, 2.75) is 52.1 Å². The van der Waals surface area contributed by atoms with E-state index in [-0.39, 0.29) is 23.7 Å². The Bertz CT molecular complexity index is 677. The van der Waals surface area contributed by atoms with Crippen LogP contribution in [0.25, 0.3) is 0 Å². The molecule has 1 aromatic carbocycles. The van der Waals surface area contributed by atoms with Gasteiger partial charge in [0, 0.05) is 58.2 Å². The summed E-state index contributed by atoms with van der Waals surface area (Å²) in [4.78, 5) is 30.8. The summed E-state index contributed by atoms with van der Waals surface area (Å²) in [7, 11) is 0. The Morgan fingerprint density at radius 2 is 1.89 bits per heavy atom. The molecule has 2 fully saturated rings. The Kier molecular flexibility index (Phi) is 7.05. The summed E-state index contributed by atoms with van der Waals surface area (Å²) in [5, 5.41) is 0. The number of hydrogen-bond donors (Lipinski definition) is 0. The standard InChI is InChI=1S/C22H32FN3O2/c1-17(2)20-16-26(22(28)10-14-24-11-3-5-21(24)27)13-4-12-25(20)15-18-6-8-19(23)9-7-18/h6-9,17,20H,3-5,10-16H2,1-2H3/t20-/m1/s1. The van der Waals surface area contributed by atoms with E-state index in [1.54, 1.807) is 0 Å². The smallest absolute Gasteiger partial charge is 0.224 e. The Labute approximate surface area is 167 Å². The number of amides is 2. The third-order valence-corrected chi connectivity index (χ3v) is 5.94. The van der Waals surface area contributed by atoms with Crippen LogP contribution in [-0.4, -0.2) is 65.3 Å². The van der Waals surface area contributed by atoms with Crippen molar-refractivity contribution in [3.8, 4) is 0 Å². The predicted octanol–water partition coefficient (Wildman–Crippen LogP) is 2.90. The number of nitrogens with zero attached hydrogens (tertiary/aromatic N) is 3. The molecule has 2 saturated heterocycles. The molecule has 28 heavy (non-hydrogen) atoms. The highest BCUT2D eigenvalue weighted by molar-refractivity contribution is 5.80. The second kappa shape index (κ2) is 9.50. The van der Waals surface area contributed by atoms with Crippen LogP contribution >= 0.6 is 0 Å². The van der Waals surface area contributed by atoms with Gasteiger partial charge in [0.1, 0.15) is 5.82 Å². The van der Waals surface area contributed by atoms with Crippen LogP contribution in [0.4, 0.5) is 4.39 Å². The van der Waals surface area contributed by atoms with E-state index in [0.29, 0.717) is 31.8 Å². The van der Waals surface area contributed by atoms with Crippen LogP contribution in [-0.2, 0) is 16.1 Å². The molecule has 2 heterocycles. The van der Waals surface area contributed by atoms with Gasteiger partial charge in [0.25, 0.3) is 0 Å². The molecule has 5 nitrogen and oxygen atoms in total. The molecule has 1 aromatic rings. The van der Waals surface area contributed by atoms with E-state index in [0.717, 1.165) is 44.6 Å². The molecule has 154 valence electrons. The van der Waals surface area contributed by atoms with Gasteiger partial charge in [-0.15, -0.1) is 0 Å². The fraction of sp³-hybridized carbons (Fsp3) is 0.636. The number of likely N-dealkylation sites (tertiary alicyclic amines) is 1. The quantitative estimate of drug-likeness (QED) is 0.751. The summed E-state index contributed by atoms with van der Waals surface area (Å²) >= 11 is 0. The molecule has 0 aliphatic carbocycles. The lowest BCUT2D eigenvalue weighted by atomic mass is 10.0. The first-order chi connectivity index (χ1) is 13.4. The second-order valence-electron chi connectivity index (χ2n) is 8.34. The summed E-state index contributed by atoms with van der Waals surface area (Å²) in [6, 6.07) is 6.96. The van der Waals surface area contributed by atoms with Crippen LogP contribution in [0.2, 0.25) is 0 Å². The highest BCUT2D eigenvalue weighted by Gasteiger charge is 2.30. The van der Waals surface area contributed by atoms with E-state index in [2.05, 4.69) is 18.7 Å². The van der Waals surface area contributed by atoms with E-state index >= 15 is 0 Å². The number of halogens is 1. The van der Waals surface area contributed by atoms with Gasteiger partial charge in [0.2, 0.25) is 11.8 Å². The molecule has 3 rings (SSSR count). The molecule has 2 aliphatic heterocycles. The summed E-state index contributed by atoms with van der Waals surface area (Å²) < 4.78 is 13.2. The minimum Gasteiger partial charge on any atom is -0.342 e. The van der Waals surface area contributed by atoms with Gasteiger partial charge in [-0.05, 0) is 36.5 Å². The second-order valence-corrected chi connectivity index (χ2v) is 8.34. The maximum atomic E-state index is 13.2. The van der Waals surface area contributed by atoms with Gasteiger partial charge >= 0.3 is 0 Å². The summed E-state index contributed by atoms with van der Waals surface area (Å²) in [6.45, 7) is 8.88. The molecule has 0 N–H and O–H groups in total. The average molecular weight is 390 g/mol. The van der Waals surface area contributed by atoms with Gasteiger partial charge < -0.3 is 9.80 Å². The number of benzene rings is 1. The van der Waals surface area contributed by atoms with Crippen molar-refractivity contribution in [3.05, 3.63) is 35.6 Å². The summed E-state index contributed by atoms with van der Waals surface area (Å²) in [5.41, 5.74) is 1.10. The van der Waals surface area contributed by atoms with Gasteiger partial charge in [0.15, 0.2) is 0 Å². The topological polar surface area (TPSA) is 43.9 Å². The van der Waals surface area contributed by atoms with Gasteiger partial charge in [0.05, 0.1) is 0 Å². The monoisotopic (exact) mass is 389 g/mol. The molecule has 0 aromatic heterocycles. The molecule has 1 atom stereocenters. The fourth-order valence-electron chi connectivity index (χ4n) is 4.27. The van der Waals surface area contributed by atoms with Crippen molar-refractivity contribution in [3.63, 3.8) is 0 Å².